The number of carbonyl (C=O) groups excluding carboxylic acids is 1. The van der Waals surface area contributed by atoms with E-state index in [9.17, 15) is 14.4 Å². The number of aromatic amines is 1. The number of nitrogens with one attached hydrogen (secondary N) is 1. The molecule has 0 saturated heterocycles. The van der Waals surface area contributed by atoms with Crippen LogP contribution in [0.25, 0.3) is 0 Å². The number of carbonyl (C=O) groups is 1. The number of nitrogens with two attached hydrogens (primary N) is 1. The largest absolute Gasteiger partial charge is 0.344 e. The summed E-state index contributed by atoms with van der Waals surface area (Å²) in [7, 11) is 1.67. The Balaban J connectivity index is 2.67. The zero-order valence-electron chi connectivity index (χ0n) is 12.4. The third-order valence-corrected chi connectivity index (χ3v) is 3.92. The van der Waals surface area contributed by atoms with Crippen molar-refractivity contribution < 1.29 is 4.79 Å². The molecule has 7 nitrogen and oxygen atoms in total. The van der Waals surface area contributed by atoms with Crippen LogP contribution in [0.1, 0.15) is 20.3 Å². The molecule has 1 rings (SSSR count). The average molecular weight is 361 g/mol. The summed E-state index contributed by atoms with van der Waals surface area (Å²) in [6.07, 6.45) is 2.01. The second kappa shape index (κ2) is 7.56. The highest BCUT2D eigenvalue weighted by molar-refractivity contribution is 9.10. The number of likely N-dealkylation sites (N-methyl/N-ethyl adjacent to an activating group) is 1. The first-order chi connectivity index (χ1) is 9.72. The van der Waals surface area contributed by atoms with Crippen molar-refractivity contribution in [2.45, 2.75) is 32.9 Å². The topological polar surface area (TPSA) is 101 Å². The minimum atomic E-state index is -0.608. The van der Waals surface area contributed by atoms with Crippen LogP contribution in [0.15, 0.2) is 20.3 Å². The zero-order valence-corrected chi connectivity index (χ0v) is 14.0. The Morgan fingerprint density at radius 1 is 1.48 bits per heavy atom. The lowest BCUT2D eigenvalue weighted by atomic mass is 10.0. The van der Waals surface area contributed by atoms with Crippen molar-refractivity contribution in [3.05, 3.63) is 31.5 Å². The van der Waals surface area contributed by atoms with E-state index in [1.807, 2.05) is 13.8 Å². The maximum absolute atomic E-state index is 12.1. The van der Waals surface area contributed by atoms with Gasteiger partial charge in [-0.05, 0) is 28.3 Å². The van der Waals surface area contributed by atoms with Gasteiger partial charge in [0.1, 0.15) is 6.54 Å². The van der Waals surface area contributed by atoms with Crippen molar-refractivity contribution in [2.75, 3.05) is 13.6 Å². The molecule has 21 heavy (non-hydrogen) atoms. The van der Waals surface area contributed by atoms with Crippen molar-refractivity contribution in [3.63, 3.8) is 0 Å². The molecule has 0 aliphatic heterocycles. The summed E-state index contributed by atoms with van der Waals surface area (Å²) in [5.41, 5.74) is 4.82. The third-order valence-electron chi connectivity index (χ3n) is 3.35. The van der Waals surface area contributed by atoms with Crippen LogP contribution in [-0.4, -0.2) is 40.0 Å². The first-order valence-electron chi connectivity index (χ1n) is 6.71. The fraction of sp³-hybridized carbons (Fsp3) is 0.615. The molecule has 0 saturated carbocycles. The normalized spacial score (nSPS) is 12.5. The Hall–Kier alpha value is -1.41. The standard InChI is InChI=1S/C13H21BrN4O3/c1-8(2)10(15)4-5-17(3)11(19)7-18-6-9(14)12(20)16-13(18)21/h6,8,10H,4-5,7,15H2,1-3H3,(H,16,20,21). The summed E-state index contributed by atoms with van der Waals surface area (Å²) in [5, 5.41) is 0. The molecular weight excluding hydrogens is 340 g/mol. The van der Waals surface area contributed by atoms with E-state index in [1.54, 1.807) is 7.05 Å². The molecule has 0 radical (unpaired) electrons. The number of amides is 1. The Morgan fingerprint density at radius 2 is 2.10 bits per heavy atom. The van der Waals surface area contributed by atoms with Crippen molar-refractivity contribution in [2.24, 2.45) is 11.7 Å². The highest BCUT2D eigenvalue weighted by Crippen LogP contribution is 2.04. The van der Waals surface area contributed by atoms with Gasteiger partial charge in [0.15, 0.2) is 0 Å². The van der Waals surface area contributed by atoms with Crippen LogP contribution in [0.5, 0.6) is 0 Å². The fourth-order valence-corrected chi connectivity index (χ4v) is 2.01. The van der Waals surface area contributed by atoms with E-state index in [0.717, 1.165) is 4.57 Å². The first-order valence-corrected chi connectivity index (χ1v) is 7.50. The van der Waals surface area contributed by atoms with Crippen molar-refractivity contribution >= 4 is 21.8 Å². The lowest BCUT2D eigenvalue weighted by molar-refractivity contribution is -0.130. The molecule has 0 aliphatic rings. The molecule has 0 aromatic carbocycles. The zero-order chi connectivity index (χ0) is 16.2. The van der Waals surface area contributed by atoms with Gasteiger partial charge in [-0.1, -0.05) is 13.8 Å². The Morgan fingerprint density at radius 3 is 2.67 bits per heavy atom. The van der Waals surface area contributed by atoms with Gasteiger partial charge < -0.3 is 10.6 Å². The SMILES string of the molecule is CC(C)C(N)CCN(C)C(=O)Cn1cc(Br)c(=O)[nH]c1=O. The molecule has 0 fully saturated rings. The molecule has 1 aromatic heterocycles. The van der Waals surface area contributed by atoms with E-state index in [1.165, 1.54) is 11.1 Å². The number of hydrogen-bond donors (Lipinski definition) is 2. The van der Waals surface area contributed by atoms with Crippen molar-refractivity contribution in [3.8, 4) is 0 Å². The summed E-state index contributed by atoms with van der Waals surface area (Å²) in [6.45, 7) is 4.47. The number of hydrogen-bond acceptors (Lipinski definition) is 4. The van der Waals surface area contributed by atoms with Crippen LogP contribution in [-0.2, 0) is 11.3 Å². The van der Waals surface area contributed by atoms with Gasteiger partial charge in [0.25, 0.3) is 5.56 Å². The van der Waals surface area contributed by atoms with Crippen LogP contribution in [0.4, 0.5) is 0 Å². The first kappa shape index (κ1) is 17.6. The highest BCUT2D eigenvalue weighted by atomic mass is 79.9. The third kappa shape index (κ3) is 5.13. The predicted octanol–water partition coefficient (Wildman–Crippen LogP) is 0.131. The van der Waals surface area contributed by atoms with Crippen LogP contribution in [0.2, 0.25) is 0 Å². The number of rotatable bonds is 6. The van der Waals surface area contributed by atoms with Crippen molar-refractivity contribution in [1.29, 1.82) is 0 Å². The lowest BCUT2D eigenvalue weighted by Crippen LogP contribution is -2.39. The molecular formula is C13H21BrN4O3. The van der Waals surface area contributed by atoms with Gasteiger partial charge in [0, 0.05) is 25.8 Å². The number of aromatic nitrogens is 2. The summed E-state index contributed by atoms with van der Waals surface area (Å²) in [6, 6.07) is 0.0326. The minimum absolute atomic E-state index is 0.0326. The molecule has 0 aliphatic carbocycles. The monoisotopic (exact) mass is 360 g/mol. The molecule has 118 valence electrons. The maximum Gasteiger partial charge on any atom is 0.328 e. The summed E-state index contributed by atoms with van der Waals surface area (Å²) >= 11 is 3.03. The summed E-state index contributed by atoms with van der Waals surface area (Å²) in [4.78, 5) is 38.6. The van der Waals surface area contributed by atoms with Crippen LogP contribution in [0, 0.1) is 5.92 Å². The molecule has 8 heteroatoms. The van der Waals surface area contributed by atoms with E-state index in [-0.39, 0.29) is 23.0 Å². The second-order valence-electron chi connectivity index (χ2n) is 5.38. The summed E-state index contributed by atoms with van der Waals surface area (Å²) < 4.78 is 1.37. The van der Waals surface area contributed by atoms with Gasteiger partial charge in [-0.15, -0.1) is 0 Å². The molecule has 1 heterocycles. The van der Waals surface area contributed by atoms with Crippen LogP contribution >= 0.6 is 15.9 Å². The van der Waals surface area contributed by atoms with E-state index in [2.05, 4.69) is 20.9 Å². The van der Waals surface area contributed by atoms with E-state index < -0.39 is 11.2 Å². The van der Waals surface area contributed by atoms with Gasteiger partial charge in [0.2, 0.25) is 5.91 Å². The molecule has 3 N–H and O–H groups in total. The smallest absolute Gasteiger partial charge is 0.328 e. The minimum Gasteiger partial charge on any atom is -0.344 e. The van der Waals surface area contributed by atoms with Gasteiger partial charge in [-0.3, -0.25) is 19.1 Å². The van der Waals surface area contributed by atoms with E-state index in [4.69, 9.17) is 5.73 Å². The maximum atomic E-state index is 12.1. The number of nitrogens with zero attached hydrogens (tertiary/aromatic N) is 2. The highest BCUT2D eigenvalue weighted by Gasteiger charge is 2.14. The van der Waals surface area contributed by atoms with Crippen LogP contribution in [0.3, 0.4) is 0 Å². The number of halogens is 1. The fourth-order valence-electron chi connectivity index (χ4n) is 1.67. The Bertz CT molecular complexity index is 608. The predicted molar refractivity (Wildman–Crippen MR) is 84.1 cm³/mol. The van der Waals surface area contributed by atoms with Crippen molar-refractivity contribution in [1.82, 2.24) is 14.5 Å². The molecule has 1 amide bonds. The lowest BCUT2D eigenvalue weighted by Gasteiger charge is -2.21. The molecule has 0 bridgehead atoms. The average Bonchev–Trinajstić information content (AvgIpc) is 2.41. The van der Waals surface area contributed by atoms with Gasteiger partial charge in [-0.2, -0.15) is 0 Å². The molecule has 1 aromatic rings. The van der Waals surface area contributed by atoms with Crippen LogP contribution < -0.4 is 17.0 Å². The van der Waals surface area contributed by atoms with E-state index in [0.29, 0.717) is 18.9 Å². The molecule has 1 atom stereocenters. The quantitative estimate of drug-likeness (QED) is 0.752. The number of H-pyrrole nitrogens is 1. The molecule has 0 spiro atoms. The Kier molecular flexibility index (Phi) is 6.35. The Labute approximate surface area is 131 Å². The van der Waals surface area contributed by atoms with Gasteiger partial charge in [0.05, 0.1) is 4.47 Å². The van der Waals surface area contributed by atoms with Gasteiger partial charge in [-0.25, -0.2) is 4.79 Å². The molecule has 1 unspecified atom stereocenters. The second-order valence-corrected chi connectivity index (χ2v) is 6.23. The van der Waals surface area contributed by atoms with Gasteiger partial charge >= 0.3 is 5.69 Å². The summed E-state index contributed by atoms with van der Waals surface area (Å²) in [5.74, 6) is 0.137. The van der Waals surface area contributed by atoms with E-state index >= 15 is 0 Å².